The molecule has 0 aliphatic carbocycles. The summed E-state index contributed by atoms with van der Waals surface area (Å²) >= 11 is 0. The third-order valence-corrected chi connectivity index (χ3v) is 3.64. The molecule has 0 fully saturated rings. The van der Waals surface area contributed by atoms with E-state index in [1.54, 1.807) is 0 Å². The molecule has 0 heterocycles. The van der Waals surface area contributed by atoms with Crippen molar-refractivity contribution in [1.82, 2.24) is 5.32 Å². The van der Waals surface area contributed by atoms with Crippen LogP contribution in [0.15, 0.2) is 18.2 Å². The minimum atomic E-state index is 0.508. The van der Waals surface area contributed by atoms with Crippen LogP contribution >= 0.6 is 0 Å². The highest BCUT2D eigenvalue weighted by Crippen LogP contribution is 2.25. The molecular formula is C16H27N. The molecule has 1 nitrogen and oxygen atoms in total. The van der Waals surface area contributed by atoms with E-state index in [9.17, 15) is 0 Å². The SMILES string of the molecule is CNC(CCCC(C)C)c1cccc(C)c1C. The molecule has 17 heavy (non-hydrogen) atoms. The molecular weight excluding hydrogens is 206 g/mol. The summed E-state index contributed by atoms with van der Waals surface area (Å²) in [4.78, 5) is 0. The summed E-state index contributed by atoms with van der Waals surface area (Å²) in [6.45, 7) is 9.02. The molecule has 1 unspecified atom stereocenters. The Balaban J connectivity index is 2.69. The molecule has 1 heteroatoms. The van der Waals surface area contributed by atoms with E-state index in [1.807, 2.05) is 0 Å². The lowest BCUT2D eigenvalue weighted by Gasteiger charge is -2.20. The van der Waals surface area contributed by atoms with Gasteiger partial charge in [-0.3, -0.25) is 0 Å². The van der Waals surface area contributed by atoms with Gasteiger partial charge in [0.2, 0.25) is 0 Å². The fraction of sp³-hybridized carbons (Fsp3) is 0.625. The van der Waals surface area contributed by atoms with Gasteiger partial charge in [-0.05, 0) is 49.9 Å². The molecule has 0 spiro atoms. The molecule has 1 rings (SSSR count). The van der Waals surface area contributed by atoms with E-state index < -0.39 is 0 Å². The highest BCUT2D eigenvalue weighted by atomic mass is 14.9. The molecule has 0 aromatic heterocycles. The molecule has 96 valence electrons. The summed E-state index contributed by atoms with van der Waals surface area (Å²) in [6.07, 6.45) is 3.86. The van der Waals surface area contributed by atoms with Crippen LogP contribution in [0.25, 0.3) is 0 Å². The van der Waals surface area contributed by atoms with Gasteiger partial charge in [0.15, 0.2) is 0 Å². The average molecular weight is 233 g/mol. The standard InChI is InChI=1S/C16H27N/c1-12(2)8-6-11-16(17-5)15-10-7-9-13(3)14(15)4/h7,9-10,12,16-17H,6,8,11H2,1-5H3. The van der Waals surface area contributed by atoms with Gasteiger partial charge in [0.1, 0.15) is 0 Å². The molecule has 1 atom stereocenters. The van der Waals surface area contributed by atoms with Crippen molar-refractivity contribution in [3.8, 4) is 0 Å². The smallest absolute Gasteiger partial charge is 0.0320 e. The van der Waals surface area contributed by atoms with E-state index in [0.29, 0.717) is 6.04 Å². The zero-order valence-corrected chi connectivity index (χ0v) is 12.0. The lowest BCUT2D eigenvalue weighted by Crippen LogP contribution is -2.17. The fourth-order valence-electron chi connectivity index (χ4n) is 2.34. The highest BCUT2D eigenvalue weighted by Gasteiger charge is 2.12. The third-order valence-electron chi connectivity index (χ3n) is 3.64. The Hall–Kier alpha value is -0.820. The molecule has 0 amide bonds. The lowest BCUT2D eigenvalue weighted by atomic mass is 9.93. The van der Waals surface area contributed by atoms with E-state index in [-0.39, 0.29) is 0 Å². The Bertz CT molecular complexity index is 341. The van der Waals surface area contributed by atoms with Gasteiger partial charge in [-0.2, -0.15) is 0 Å². The van der Waals surface area contributed by atoms with Crippen LogP contribution in [0.3, 0.4) is 0 Å². The molecule has 0 saturated heterocycles. The molecule has 0 aliphatic rings. The predicted octanol–water partition coefficient (Wildman–Crippen LogP) is 4.39. The van der Waals surface area contributed by atoms with Crippen molar-refractivity contribution in [1.29, 1.82) is 0 Å². The Morgan fingerprint density at radius 2 is 1.82 bits per heavy atom. The predicted molar refractivity (Wildman–Crippen MR) is 76.4 cm³/mol. The zero-order chi connectivity index (χ0) is 12.8. The number of aryl methyl sites for hydroxylation is 1. The highest BCUT2D eigenvalue weighted by molar-refractivity contribution is 5.35. The summed E-state index contributed by atoms with van der Waals surface area (Å²) in [6, 6.07) is 7.14. The van der Waals surface area contributed by atoms with Crippen molar-refractivity contribution < 1.29 is 0 Å². The maximum absolute atomic E-state index is 3.46. The van der Waals surface area contributed by atoms with Crippen LogP contribution in [-0.2, 0) is 0 Å². The van der Waals surface area contributed by atoms with E-state index in [1.165, 1.54) is 36.0 Å². The second-order valence-electron chi connectivity index (χ2n) is 5.46. The Morgan fingerprint density at radius 3 is 2.41 bits per heavy atom. The average Bonchev–Trinajstić information content (AvgIpc) is 2.28. The largest absolute Gasteiger partial charge is 0.313 e. The van der Waals surface area contributed by atoms with Crippen LogP contribution in [-0.4, -0.2) is 7.05 Å². The van der Waals surface area contributed by atoms with Gasteiger partial charge in [0, 0.05) is 6.04 Å². The minimum Gasteiger partial charge on any atom is -0.313 e. The summed E-state index contributed by atoms with van der Waals surface area (Å²) in [5.74, 6) is 0.811. The Labute approximate surface area is 107 Å². The number of hydrogen-bond acceptors (Lipinski definition) is 1. The number of benzene rings is 1. The van der Waals surface area contributed by atoms with Crippen LogP contribution in [0, 0.1) is 19.8 Å². The molecule has 1 aromatic rings. The van der Waals surface area contributed by atoms with Crippen molar-refractivity contribution in [2.24, 2.45) is 5.92 Å². The molecule has 1 aromatic carbocycles. The zero-order valence-electron chi connectivity index (χ0n) is 12.0. The van der Waals surface area contributed by atoms with Gasteiger partial charge >= 0.3 is 0 Å². The van der Waals surface area contributed by atoms with Crippen molar-refractivity contribution in [2.45, 2.75) is 53.0 Å². The van der Waals surface area contributed by atoms with Crippen LogP contribution < -0.4 is 5.32 Å². The van der Waals surface area contributed by atoms with Gasteiger partial charge in [-0.25, -0.2) is 0 Å². The van der Waals surface area contributed by atoms with Crippen LogP contribution in [0.2, 0.25) is 0 Å². The number of hydrogen-bond donors (Lipinski definition) is 1. The monoisotopic (exact) mass is 233 g/mol. The first-order valence-corrected chi connectivity index (χ1v) is 6.79. The minimum absolute atomic E-state index is 0.508. The second-order valence-corrected chi connectivity index (χ2v) is 5.46. The molecule has 0 saturated carbocycles. The van der Waals surface area contributed by atoms with Crippen LogP contribution in [0.4, 0.5) is 0 Å². The van der Waals surface area contributed by atoms with Gasteiger partial charge in [0.05, 0.1) is 0 Å². The van der Waals surface area contributed by atoms with Gasteiger partial charge < -0.3 is 5.32 Å². The molecule has 1 N–H and O–H groups in total. The van der Waals surface area contributed by atoms with Crippen molar-refractivity contribution in [3.05, 3.63) is 34.9 Å². The number of nitrogens with one attached hydrogen (secondary N) is 1. The maximum Gasteiger partial charge on any atom is 0.0320 e. The van der Waals surface area contributed by atoms with Gasteiger partial charge in [0.25, 0.3) is 0 Å². The van der Waals surface area contributed by atoms with Gasteiger partial charge in [-0.15, -0.1) is 0 Å². The summed E-state index contributed by atoms with van der Waals surface area (Å²) in [5, 5.41) is 3.46. The topological polar surface area (TPSA) is 12.0 Å². The molecule has 0 bridgehead atoms. The van der Waals surface area contributed by atoms with Crippen molar-refractivity contribution in [3.63, 3.8) is 0 Å². The number of rotatable bonds is 6. The van der Waals surface area contributed by atoms with E-state index in [4.69, 9.17) is 0 Å². The summed E-state index contributed by atoms with van der Waals surface area (Å²) < 4.78 is 0. The maximum atomic E-state index is 3.46. The van der Waals surface area contributed by atoms with Crippen molar-refractivity contribution >= 4 is 0 Å². The van der Waals surface area contributed by atoms with E-state index in [0.717, 1.165) is 5.92 Å². The first kappa shape index (κ1) is 14.2. The first-order chi connectivity index (χ1) is 8.06. The quantitative estimate of drug-likeness (QED) is 0.768. The van der Waals surface area contributed by atoms with Crippen LogP contribution in [0.5, 0.6) is 0 Å². The first-order valence-electron chi connectivity index (χ1n) is 6.79. The van der Waals surface area contributed by atoms with Crippen LogP contribution in [0.1, 0.15) is 55.8 Å². The molecule has 0 aliphatic heterocycles. The Morgan fingerprint density at radius 1 is 1.12 bits per heavy atom. The van der Waals surface area contributed by atoms with E-state index >= 15 is 0 Å². The fourth-order valence-corrected chi connectivity index (χ4v) is 2.34. The lowest BCUT2D eigenvalue weighted by molar-refractivity contribution is 0.469. The van der Waals surface area contributed by atoms with E-state index in [2.05, 4.69) is 58.3 Å². The molecule has 0 radical (unpaired) electrons. The van der Waals surface area contributed by atoms with Gasteiger partial charge in [-0.1, -0.05) is 44.9 Å². The summed E-state index contributed by atoms with van der Waals surface area (Å²) in [5.41, 5.74) is 4.30. The second kappa shape index (κ2) is 6.80. The normalized spacial score (nSPS) is 13.1. The Kier molecular flexibility index (Phi) is 5.70. The van der Waals surface area contributed by atoms with Crippen molar-refractivity contribution in [2.75, 3.05) is 7.05 Å². The summed E-state index contributed by atoms with van der Waals surface area (Å²) in [7, 11) is 2.07. The third kappa shape index (κ3) is 4.16.